The van der Waals surface area contributed by atoms with Crippen molar-refractivity contribution in [3.05, 3.63) is 24.3 Å². The first-order valence-corrected chi connectivity index (χ1v) is 6.61. The Kier molecular flexibility index (Phi) is 4.85. The minimum absolute atomic E-state index is 0.00202. The summed E-state index contributed by atoms with van der Waals surface area (Å²) in [5.74, 6) is 3.27. The Balaban J connectivity index is 1.76. The van der Waals surface area contributed by atoms with Gasteiger partial charge < -0.3 is 15.4 Å². The monoisotopic (exact) mass is 273 g/mol. The number of nitrogens with zero attached hydrogens (tertiary/aromatic N) is 2. The maximum atomic E-state index is 12.0. The molecule has 20 heavy (non-hydrogen) atoms. The second-order valence-corrected chi connectivity index (χ2v) is 4.72. The molecule has 1 aromatic carbocycles. The second kappa shape index (κ2) is 6.83. The van der Waals surface area contributed by atoms with Crippen molar-refractivity contribution in [1.82, 2.24) is 9.80 Å². The molecule has 5 heteroatoms. The van der Waals surface area contributed by atoms with Crippen molar-refractivity contribution in [3.63, 3.8) is 0 Å². The van der Waals surface area contributed by atoms with Crippen LogP contribution in [0.4, 0.5) is 5.69 Å². The quantitative estimate of drug-likeness (QED) is 0.638. The Bertz CT molecular complexity index is 485. The Labute approximate surface area is 119 Å². The molecular weight excluding hydrogens is 254 g/mol. The van der Waals surface area contributed by atoms with E-state index in [0.29, 0.717) is 31.1 Å². The van der Waals surface area contributed by atoms with Crippen LogP contribution in [0.5, 0.6) is 5.75 Å². The molecule has 0 spiro atoms. The van der Waals surface area contributed by atoms with Gasteiger partial charge in [0.25, 0.3) is 5.91 Å². The molecule has 0 aliphatic carbocycles. The summed E-state index contributed by atoms with van der Waals surface area (Å²) in [6.45, 7) is 3.73. The van der Waals surface area contributed by atoms with Gasteiger partial charge in [0.05, 0.1) is 6.54 Å². The van der Waals surface area contributed by atoms with Crippen LogP contribution >= 0.6 is 0 Å². The summed E-state index contributed by atoms with van der Waals surface area (Å²) in [5.41, 5.74) is 6.26. The molecule has 1 amide bonds. The van der Waals surface area contributed by atoms with Gasteiger partial charge in [-0.2, -0.15) is 0 Å². The minimum atomic E-state index is 0.00202. The first-order chi connectivity index (χ1) is 9.69. The molecule has 0 aromatic heterocycles. The number of hydrogen-bond donors (Lipinski definition) is 1. The lowest BCUT2D eigenvalue weighted by Crippen LogP contribution is -2.49. The first-order valence-electron chi connectivity index (χ1n) is 6.61. The molecule has 2 rings (SSSR count). The standard InChI is InChI=1S/C15H19N3O2/c1-2-7-17-8-10-18(11-9-17)15(19)12-20-14-5-3-13(16)4-6-14/h1,3-6H,7-12,16H2. The highest BCUT2D eigenvalue weighted by Gasteiger charge is 2.20. The van der Waals surface area contributed by atoms with Gasteiger partial charge in [-0.15, -0.1) is 6.42 Å². The Morgan fingerprint density at radius 1 is 1.25 bits per heavy atom. The van der Waals surface area contributed by atoms with E-state index >= 15 is 0 Å². The van der Waals surface area contributed by atoms with Gasteiger partial charge in [-0.05, 0) is 24.3 Å². The lowest BCUT2D eigenvalue weighted by Gasteiger charge is -2.33. The number of carbonyl (C=O) groups is 1. The lowest BCUT2D eigenvalue weighted by atomic mass is 10.3. The fraction of sp³-hybridized carbons (Fsp3) is 0.400. The summed E-state index contributed by atoms with van der Waals surface area (Å²) in [5, 5.41) is 0. The molecule has 0 radical (unpaired) electrons. The predicted octanol–water partition coefficient (Wildman–Crippen LogP) is 0.425. The zero-order valence-corrected chi connectivity index (χ0v) is 11.4. The lowest BCUT2D eigenvalue weighted by molar-refractivity contribution is -0.135. The highest BCUT2D eigenvalue weighted by molar-refractivity contribution is 5.77. The summed E-state index contributed by atoms with van der Waals surface area (Å²) < 4.78 is 5.46. The number of piperazine rings is 1. The van der Waals surface area contributed by atoms with Crippen LogP contribution in [-0.4, -0.2) is 55.0 Å². The fourth-order valence-electron chi connectivity index (χ4n) is 2.08. The first kappa shape index (κ1) is 14.2. The number of anilines is 1. The number of nitrogens with two attached hydrogens (primary N) is 1. The average Bonchev–Trinajstić information content (AvgIpc) is 2.47. The van der Waals surface area contributed by atoms with E-state index in [2.05, 4.69) is 10.8 Å². The Morgan fingerprint density at radius 2 is 1.90 bits per heavy atom. The van der Waals surface area contributed by atoms with Gasteiger partial charge in [0.2, 0.25) is 0 Å². The van der Waals surface area contributed by atoms with Gasteiger partial charge in [-0.3, -0.25) is 9.69 Å². The molecule has 106 valence electrons. The van der Waals surface area contributed by atoms with E-state index in [1.54, 1.807) is 24.3 Å². The summed E-state index contributed by atoms with van der Waals surface area (Å²) in [7, 11) is 0. The SMILES string of the molecule is C#CCN1CCN(C(=O)COc2ccc(N)cc2)CC1. The van der Waals surface area contributed by atoms with E-state index < -0.39 is 0 Å². The number of carbonyl (C=O) groups excluding carboxylic acids is 1. The highest BCUT2D eigenvalue weighted by atomic mass is 16.5. The van der Waals surface area contributed by atoms with Gasteiger partial charge in [0.15, 0.2) is 6.61 Å². The number of hydrogen-bond acceptors (Lipinski definition) is 4. The van der Waals surface area contributed by atoms with Crippen LogP contribution in [0, 0.1) is 12.3 Å². The van der Waals surface area contributed by atoms with Gasteiger partial charge in [0.1, 0.15) is 5.75 Å². The zero-order chi connectivity index (χ0) is 14.4. The maximum absolute atomic E-state index is 12.0. The van der Waals surface area contributed by atoms with E-state index in [9.17, 15) is 4.79 Å². The van der Waals surface area contributed by atoms with Crippen molar-refractivity contribution in [1.29, 1.82) is 0 Å². The Hall–Kier alpha value is -2.19. The third-order valence-electron chi connectivity index (χ3n) is 3.28. The van der Waals surface area contributed by atoms with Crippen molar-refractivity contribution in [2.24, 2.45) is 0 Å². The molecule has 1 aliphatic heterocycles. The van der Waals surface area contributed by atoms with Crippen LogP contribution in [0.25, 0.3) is 0 Å². The van der Waals surface area contributed by atoms with Crippen LogP contribution in [-0.2, 0) is 4.79 Å². The molecule has 5 nitrogen and oxygen atoms in total. The van der Waals surface area contributed by atoms with Crippen molar-refractivity contribution in [2.75, 3.05) is 45.1 Å². The minimum Gasteiger partial charge on any atom is -0.484 e. The summed E-state index contributed by atoms with van der Waals surface area (Å²) >= 11 is 0. The van der Waals surface area contributed by atoms with Crippen molar-refractivity contribution in [2.45, 2.75) is 0 Å². The maximum Gasteiger partial charge on any atom is 0.260 e. The largest absolute Gasteiger partial charge is 0.484 e. The van der Waals surface area contributed by atoms with Gasteiger partial charge >= 0.3 is 0 Å². The molecule has 2 N–H and O–H groups in total. The van der Waals surface area contributed by atoms with E-state index in [0.717, 1.165) is 13.1 Å². The molecule has 1 fully saturated rings. The summed E-state index contributed by atoms with van der Waals surface area (Å²) in [4.78, 5) is 16.0. The van der Waals surface area contributed by atoms with Gasteiger partial charge in [-0.25, -0.2) is 0 Å². The fourth-order valence-corrected chi connectivity index (χ4v) is 2.08. The topological polar surface area (TPSA) is 58.8 Å². The van der Waals surface area contributed by atoms with Gasteiger partial charge in [-0.1, -0.05) is 5.92 Å². The molecule has 0 bridgehead atoms. The normalized spacial score (nSPS) is 15.7. The zero-order valence-electron chi connectivity index (χ0n) is 11.4. The van der Waals surface area contributed by atoms with E-state index in [4.69, 9.17) is 16.9 Å². The Morgan fingerprint density at radius 3 is 2.50 bits per heavy atom. The molecule has 1 heterocycles. The van der Waals surface area contributed by atoms with Crippen LogP contribution in [0.15, 0.2) is 24.3 Å². The second-order valence-electron chi connectivity index (χ2n) is 4.72. The van der Waals surface area contributed by atoms with Crippen LogP contribution in [0.1, 0.15) is 0 Å². The van der Waals surface area contributed by atoms with Gasteiger partial charge in [0, 0.05) is 31.9 Å². The molecule has 1 saturated heterocycles. The molecule has 1 aromatic rings. The molecule has 0 saturated carbocycles. The van der Waals surface area contributed by atoms with Crippen molar-refractivity contribution in [3.8, 4) is 18.1 Å². The van der Waals surface area contributed by atoms with Crippen molar-refractivity contribution >= 4 is 11.6 Å². The van der Waals surface area contributed by atoms with Crippen LogP contribution < -0.4 is 10.5 Å². The summed E-state index contributed by atoms with van der Waals surface area (Å²) in [6.07, 6.45) is 5.28. The highest BCUT2D eigenvalue weighted by Crippen LogP contribution is 2.13. The number of nitrogen functional groups attached to an aromatic ring is 1. The van der Waals surface area contributed by atoms with E-state index in [1.165, 1.54) is 0 Å². The van der Waals surface area contributed by atoms with E-state index in [-0.39, 0.29) is 12.5 Å². The van der Waals surface area contributed by atoms with Crippen LogP contribution in [0.2, 0.25) is 0 Å². The molecule has 1 aliphatic rings. The molecular formula is C15H19N3O2. The number of ether oxygens (including phenoxy) is 1. The summed E-state index contributed by atoms with van der Waals surface area (Å²) in [6, 6.07) is 7.01. The molecule has 0 unspecified atom stereocenters. The number of amides is 1. The number of terminal acetylenes is 1. The molecule has 0 atom stereocenters. The third-order valence-corrected chi connectivity index (χ3v) is 3.28. The third kappa shape index (κ3) is 3.90. The smallest absolute Gasteiger partial charge is 0.260 e. The predicted molar refractivity (Wildman–Crippen MR) is 78.2 cm³/mol. The average molecular weight is 273 g/mol. The number of benzene rings is 1. The van der Waals surface area contributed by atoms with Crippen LogP contribution in [0.3, 0.4) is 0 Å². The van der Waals surface area contributed by atoms with E-state index in [1.807, 2.05) is 4.90 Å². The van der Waals surface area contributed by atoms with Crippen molar-refractivity contribution < 1.29 is 9.53 Å². The number of rotatable bonds is 4.